The quantitative estimate of drug-likeness (QED) is 0.812. The molecule has 1 fully saturated rings. The zero-order valence-corrected chi connectivity index (χ0v) is 15.2. The van der Waals surface area contributed by atoms with Crippen LogP contribution in [-0.2, 0) is 4.79 Å². The summed E-state index contributed by atoms with van der Waals surface area (Å²) < 4.78 is 19.7. The van der Waals surface area contributed by atoms with Gasteiger partial charge in [-0.2, -0.15) is 0 Å². The normalized spacial score (nSPS) is 16.0. The van der Waals surface area contributed by atoms with Crippen LogP contribution >= 0.6 is 0 Å². The van der Waals surface area contributed by atoms with E-state index in [-0.39, 0.29) is 24.4 Å². The first-order valence-corrected chi connectivity index (χ1v) is 8.71. The largest absolute Gasteiger partial charge is 0.478 e. The summed E-state index contributed by atoms with van der Waals surface area (Å²) in [6.45, 7) is 4.05. The second-order valence-corrected chi connectivity index (χ2v) is 6.78. The van der Waals surface area contributed by atoms with Crippen LogP contribution in [0.4, 0.5) is 10.2 Å². The van der Waals surface area contributed by atoms with Gasteiger partial charge in [-0.05, 0) is 43.7 Å². The lowest BCUT2D eigenvalue weighted by Crippen LogP contribution is -2.53. The van der Waals surface area contributed by atoms with Gasteiger partial charge < -0.3 is 14.7 Å². The number of nitrogens with zero attached hydrogens (tertiary/aromatic N) is 2. The molecule has 6 nitrogen and oxygen atoms in total. The molecule has 27 heavy (non-hydrogen) atoms. The molecular formula is C20H21FN2O4. The fraction of sp³-hybridized carbons (Fsp3) is 0.350. The summed E-state index contributed by atoms with van der Waals surface area (Å²) in [5.41, 5.74) is -0.169. The summed E-state index contributed by atoms with van der Waals surface area (Å²) in [6, 6.07) is 7.83. The third-order valence-electron chi connectivity index (χ3n) is 4.83. The molecule has 0 aliphatic carbocycles. The number of benzene rings is 1. The van der Waals surface area contributed by atoms with Crippen LogP contribution < -0.4 is 9.64 Å². The lowest BCUT2D eigenvalue weighted by molar-refractivity contribution is -0.157. The summed E-state index contributed by atoms with van der Waals surface area (Å²) in [4.78, 5) is 29.5. The molecular weight excluding hydrogens is 351 g/mol. The zero-order valence-electron chi connectivity index (χ0n) is 15.2. The molecule has 0 amide bonds. The Kier molecular flexibility index (Phi) is 5.12. The number of ether oxygens (including phenoxy) is 1. The molecule has 1 saturated heterocycles. The Balaban J connectivity index is 1.76. The van der Waals surface area contributed by atoms with E-state index in [0.717, 1.165) is 5.56 Å². The molecule has 1 aliphatic heterocycles. The van der Waals surface area contributed by atoms with Crippen LogP contribution in [-0.4, -0.2) is 40.5 Å². The van der Waals surface area contributed by atoms with Gasteiger partial charge >= 0.3 is 5.97 Å². The second kappa shape index (κ2) is 7.34. The van der Waals surface area contributed by atoms with Crippen molar-refractivity contribution in [1.82, 2.24) is 4.98 Å². The minimum Gasteiger partial charge on any atom is -0.478 e. The Morgan fingerprint density at radius 2 is 1.93 bits per heavy atom. The number of Topliss-reactive ketones (excluding diaryl/α,β-unsaturated/α-hetero) is 1. The second-order valence-electron chi connectivity index (χ2n) is 6.78. The highest BCUT2D eigenvalue weighted by Crippen LogP contribution is 2.32. The van der Waals surface area contributed by atoms with Gasteiger partial charge in [-0.3, -0.25) is 4.79 Å². The number of hydrogen-bond acceptors (Lipinski definition) is 5. The molecule has 7 heteroatoms. The lowest BCUT2D eigenvalue weighted by atomic mass is 9.91. The molecule has 0 saturated carbocycles. The van der Waals surface area contributed by atoms with Gasteiger partial charge in [0.1, 0.15) is 5.82 Å². The fourth-order valence-electron chi connectivity index (χ4n) is 3.14. The maximum atomic E-state index is 14.0. The lowest BCUT2D eigenvalue weighted by Gasteiger charge is -2.39. The monoisotopic (exact) mass is 372 g/mol. The van der Waals surface area contributed by atoms with E-state index in [0.29, 0.717) is 24.5 Å². The smallest absolute Gasteiger partial charge is 0.348 e. The SMILES string of the molecule is CC(=O)c1ccc(N2CCC(Oc3cc(C)ccc3F)(C(=O)O)CC2)nc1. The van der Waals surface area contributed by atoms with Crippen LogP contribution in [0.2, 0.25) is 0 Å². The summed E-state index contributed by atoms with van der Waals surface area (Å²) >= 11 is 0. The predicted molar refractivity (Wildman–Crippen MR) is 97.8 cm³/mol. The summed E-state index contributed by atoms with van der Waals surface area (Å²) in [5.74, 6) is -1.13. The first-order chi connectivity index (χ1) is 12.8. The summed E-state index contributed by atoms with van der Waals surface area (Å²) in [5, 5.41) is 9.75. The minimum absolute atomic E-state index is 0.0465. The first kappa shape index (κ1) is 18.8. The highest BCUT2D eigenvalue weighted by molar-refractivity contribution is 5.93. The van der Waals surface area contributed by atoms with E-state index < -0.39 is 17.4 Å². The van der Waals surface area contributed by atoms with E-state index in [4.69, 9.17) is 4.74 Å². The molecule has 1 aliphatic rings. The number of hydrogen-bond donors (Lipinski definition) is 1. The van der Waals surface area contributed by atoms with Crippen molar-refractivity contribution in [3.05, 3.63) is 53.5 Å². The van der Waals surface area contributed by atoms with Crippen LogP contribution in [0, 0.1) is 12.7 Å². The first-order valence-electron chi connectivity index (χ1n) is 8.71. The molecule has 3 rings (SSSR count). The number of carboxylic acids is 1. The summed E-state index contributed by atoms with van der Waals surface area (Å²) in [7, 11) is 0. The molecule has 0 spiro atoms. The van der Waals surface area contributed by atoms with Crippen molar-refractivity contribution in [3.63, 3.8) is 0 Å². The van der Waals surface area contributed by atoms with Gasteiger partial charge in [0.15, 0.2) is 17.3 Å². The molecule has 1 N–H and O–H groups in total. The molecule has 0 unspecified atom stereocenters. The number of aromatic nitrogens is 1. The third kappa shape index (κ3) is 3.92. The topological polar surface area (TPSA) is 79.7 Å². The van der Waals surface area contributed by atoms with Crippen molar-refractivity contribution >= 4 is 17.6 Å². The van der Waals surface area contributed by atoms with Gasteiger partial charge in [-0.15, -0.1) is 0 Å². The Morgan fingerprint density at radius 3 is 2.48 bits per heavy atom. The van der Waals surface area contributed by atoms with Crippen LogP contribution in [0.3, 0.4) is 0 Å². The minimum atomic E-state index is -1.48. The van der Waals surface area contributed by atoms with Crippen LogP contribution in [0.5, 0.6) is 5.75 Å². The number of halogens is 1. The van der Waals surface area contributed by atoms with E-state index in [2.05, 4.69) is 4.98 Å². The Hall–Kier alpha value is -2.96. The molecule has 142 valence electrons. The molecule has 0 atom stereocenters. The average Bonchev–Trinajstić information content (AvgIpc) is 2.65. The van der Waals surface area contributed by atoms with Gasteiger partial charge in [0.2, 0.25) is 5.60 Å². The molecule has 0 bridgehead atoms. The average molecular weight is 372 g/mol. The number of anilines is 1. The van der Waals surface area contributed by atoms with Crippen molar-refractivity contribution in [3.8, 4) is 5.75 Å². The summed E-state index contributed by atoms with van der Waals surface area (Å²) in [6.07, 6.45) is 1.88. The van der Waals surface area contributed by atoms with E-state index in [1.54, 1.807) is 25.1 Å². The van der Waals surface area contributed by atoms with Crippen molar-refractivity contribution < 1.29 is 23.8 Å². The third-order valence-corrected chi connectivity index (χ3v) is 4.83. The Morgan fingerprint density at radius 1 is 1.22 bits per heavy atom. The number of aliphatic carboxylic acids is 1. The zero-order chi connectivity index (χ0) is 19.6. The van der Waals surface area contributed by atoms with Crippen molar-refractivity contribution in [2.45, 2.75) is 32.3 Å². The van der Waals surface area contributed by atoms with Crippen molar-refractivity contribution in [1.29, 1.82) is 0 Å². The number of carboxylic acid groups (broad SMARTS) is 1. The standard InChI is InChI=1S/C20H21FN2O4/c1-13-3-5-16(21)17(11-13)27-20(19(25)26)7-9-23(10-8-20)18-6-4-15(12-22-18)14(2)24/h3-6,11-12H,7-10H2,1-2H3,(H,25,26). The highest BCUT2D eigenvalue weighted by Gasteiger charge is 2.44. The maximum absolute atomic E-state index is 14.0. The van der Waals surface area contributed by atoms with Gasteiger partial charge in [-0.25, -0.2) is 14.2 Å². The number of aryl methyl sites for hydroxylation is 1. The van der Waals surface area contributed by atoms with Gasteiger partial charge in [0.25, 0.3) is 0 Å². The Bertz CT molecular complexity index is 859. The number of pyridine rings is 1. The van der Waals surface area contributed by atoms with Crippen LogP contribution in [0.25, 0.3) is 0 Å². The van der Waals surface area contributed by atoms with Crippen molar-refractivity contribution in [2.75, 3.05) is 18.0 Å². The molecule has 1 aromatic carbocycles. The number of carbonyl (C=O) groups excluding carboxylic acids is 1. The van der Waals surface area contributed by atoms with Gasteiger partial charge in [0.05, 0.1) is 0 Å². The van der Waals surface area contributed by atoms with Crippen LogP contribution in [0.15, 0.2) is 36.5 Å². The van der Waals surface area contributed by atoms with E-state index in [9.17, 15) is 19.1 Å². The number of piperidine rings is 1. The van der Waals surface area contributed by atoms with E-state index >= 15 is 0 Å². The van der Waals surface area contributed by atoms with E-state index in [1.165, 1.54) is 25.3 Å². The fourth-order valence-corrected chi connectivity index (χ4v) is 3.14. The molecule has 2 heterocycles. The van der Waals surface area contributed by atoms with Crippen LogP contribution in [0.1, 0.15) is 35.7 Å². The molecule has 1 aromatic heterocycles. The number of ketones is 1. The molecule has 2 aromatic rings. The number of rotatable bonds is 5. The molecule has 0 radical (unpaired) electrons. The van der Waals surface area contributed by atoms with Gasteiger partial charge in [0, 0.05) is 37.7 Å². The van der Waals surface area contributed by atoms with Crippen molar-refractivity contribution in [2.24, 2.45) is 0 Å². The van der Waals surface area contributed by atoms with E-state index in [1.807, 2.05) is 4.90 Å². The maximum Gasteiger partial charge on any atom is 0.348 e. The predicted octanol–water partition coefficient (Wildman–Crippen LogP) is 3.23. The Labute approximate surface area is 156 Å². The number of carbonyl (C=O) groups is 2. The highest BCUT2D eigenvalue weighted by atomic mass is 19.1. The van der Waals surface area contributed by atoms with Gasteiger partial charge in [-0.1, -0.05) is 6.07 Å².